The van der Waals surface area contributed by atoms with E-state index >= 15 is 0 Å². The molecule has 4 rings (SSSR count). The van der Waals surface area contributed by atoms with Crippen LogP contribution in [0.3, 0.4) is 0 Å². The summed E-state index contributed by atoms with van der Waals surface area (Å²) in [6.07, 6.45) is 1.64. The van der Waals surface area contributed by atoms with Crippen molar-refractivity contribution in [3.05, 3.63) is 113 Å². The van der Waals surface area contributed by atoms with Gasteiger partial charge < -0.3 is 5.32 Å². The van der Waals surface area contributed by atoms with Gasteiger partial charge in [0, 0.05) is 10.0 Å². The Bertz CT molecular complexity index is 1620. The third kappa shape index (κ3) is 4.93. The first-order valence-electron chi connectivity index (χ1n) is 9.83. The highest BCUT2D eigenvalue weighted by atomic mass is 35.5. The summed E-state index contributed by atoms with van der Waals surface area (Å²) in [7, 11) is 0. The molecule has 0 atom stereocenters. The third-order valence-electron chi connectivity index (χ3n) is 4.76. The Labute approximate surface area is 213 Å². The van der Waals surface area contributed by atoms with Crippen molar-refractivity contribution in [3.8, 4) is 11.8 Å². The van der Waals surface area contributed by atoms with Crippen molar-refractivity contribution >= 4 is 69.4 Å². The molecule has 168 valence electrons. The van der Waals surface area contributed by atoms with E-state index in [1.54, 1.807) is 66.7 Å². The minimum absolute atomic E-state index is 0.174. The number of nitriles is 1. The Balaban J connectivity index is 1.97. The highest BCUT2D eigenvalue weighted by Crippen LogP contribution is 2.25. The van der Waals surface area contributed by atoms with Gasteiger partial charge in [0.15, 0.2) is 5.57 Å². The Morgan fingerprint density at radius 1 is 0.971 bits per heavy atom. The van der Waals surface area contributed by atoms with E-state index in [1.165, 1.54) is 16.7 Å². The number of rotatable bonds is 4. The average molecular weight is 527 g/mol. The first kappa shape index (κ1) is 23.8. The smallest absolute Gasteiger partial charge is 0.273 e. The minimum Gasteiger partial charge on any atom is -0.320 e. The summed E-state index contributed by atoms with van der Waals surface area (Å²) in [5, 5.41) is 13.6. The second-order valence-corrected chi connectivity index (χ2v) is 9.26. The third-order valence-corrected chi connectivity index (χ3v) is 6.76. The molecule has 0 saturated heterocycles. The molecule has 0 saturated carbocycles. The molecule has 34 heavy (non-hydrogen) atoms. The first-order chi connectivity index (χ1) is 16.4. The van der Waals surface area contributed by atoms with Crippen LogP contribution in [0.25, 0.3) is 17.3 Å². The fraction of sp³-hybridized carbons (Fsp3) is 0. The molecule has 9 heteroatoms. The predicted octanol–water partition coefficient (Wildman–Crippen LogP) is 5.00. The molecule has 1 aromatic heterocycles. The van der Waals surface area contributed by atoms with E-state index in [9.17, 15) is 14.9 Å². The average Bonchev–Trinajstić information content (AvgIpc) is 3.14. The van der Waals surface area contributed by atoms with Crippen LogP contribution in [-0.4, -0.2) is 10.5 Å². The lowest BCUT2D eigenvalue weighted by Crippen LogP contribution is -2.32. The van der Waals surface area contributed by atoms with Crippen LogP contribution in [0, 0.1) is 11.3 Å². The van der Waals surface area contributed by atoms with Gasteiger partial charge in [-0.05, 0) is 48.0 Å². The van der Waals surface area contributed by atoms with Gasteiger partial charge in [-0.15, -0.1) is 11.3 Å². The molecule has 0 fully saturated rings. The van der Waals surface area contributed by atoms with Gasteiger partial charge in [0.2, 0.25) is 0 Å². The number of hydrogen-bond donors (Lipinski definition) is 1. The number of nitrogens with zero attached hydrogens (tertiary/aromatic N) is 2. The zero-order valence-electron chi connectivity index (χ0n) is 17.3. The molecule has 0 radical (unpaired) electrons. The normalized spacial score (nSPS) is 12.2. The van der Waals surface area contributed by atoms with Gasteiger partial charge in [0.1, 0.15) is 10.7 Å². The molecular formula is C25H14Cl3N3O2S. The van der Waals surface area contributed by atoms with Crippen LogP contribution in [0.1, 0.15) is 5.56 Å². The molecule has 0 aliphatic rings. The number of benzene rings is 3. The molecule has 0 aliphatic heterocycles. The molecule has 3 aromatic carbocycles. The number of amides is 1. The van der Waals surface area contributed by atoms with E-state index in [-0.39, 0.29) is 26.5 Å². The maximum atomic E-state index is 13.4. The van der Waals surface area contributed by atoms with Crippen LogP contribution >= 0.6 is 46.1 Å². The largest absolute Gasteiger partial charge is 0.320 e. The van der Waals surface area contributed by atoms with Crippen LogP contribution in [0.4, 0.5) is 5.69 Å². The van der Waals surface area contributed by atoms with Crippen LogP contribution < -0.4 is 20.1 Å². The molecule has 4 aromatic rings. The maximum Gasteiger partial charge on any atom is 0.273 e. The number of halogens is 3. The van der Waals surface area contributed by atoms with Crippen LogP contribution in [0.2, 0.25) is 15.1 Å². The molecule has 0 spiro atoms. The lowest BCUT2D eigenvalue weighted by molar-refractivity contribution is -0.111. The summed E-state index contributed by atoms with van der Waals surface area (Å²) in [5.41, 5.74) is 0.773. The Kier molecular flexibility index (Phi) is 7.20. The van der Waals surface area contributed by atoms with Gasteiger partial charge in [-0.3, -0.25) is 14.2 Å². The van der Waals surface area contributed by atoms with Crippen molar-refractivity contribution < 1.29 is 4.79 Å². The van der Waals surface area contributed by atoms with Crippen molar-refractivity contribution in [2.24, 2.45) is 0 Å². The molecule has 0 unspecified atom stereocenters. The molecule has 1 heterocycles. The van der Waals surface area contributed by atoms with E-state index in [0.29, 0.717) is 25.8 Å². The molecule has 1 amide bonds. The van der Waals surface area contributed by atoms with E-state index < -0.39 is 5.91 Å². The van der Waals surface area contributed by atoms with Gasteiger partial charge in [-0.2, -0.15) is 5.26 Å². The lowest BCUT2D eigenvalue weighted by Gasteiger charge is -2.07. The number of thiazole rings is 1. The minimum atomic E-state index is -0.720. The quantitative estimate of drug-likeness (QED) is 0.407. The fourth-order valence-electron chi connectivity index (χ4n) is 3.17. The van der Waals surface area contributed by atoms with E-state index in [0.717, 1.165) is 11.3 Å². The van der Waals surface area contributed by atoms with Gasteiger partial charge in [-0.1, -0.05) is 71.2 Å². The number of para-hydroxylation sites is 1. The van der Waals surface area contributed by atoms with Crippen LogP contribution in [0.5, 0.6) is 0 Å². The van der Waals surface area contributed by atoms with Gasteiger partial charge >= 0.3 is 0 Å². The zero-order valence-corrected chi connectivity index (χ0v) is 20.3. The summed E-state index contributed by atoms with van der Waals surface area (Å²) >= 11 is 19.5. The summed E-state index contributed by atoms with van der Waals surface area (Å²) in [5.74, 6) is -0.720. The monoisotopic (exact) mass is 525 g/mol. The number of anilines is 1. The van der Waals surface area contributed by atoms with Crippen LogP contribution in [0.15, 0.2) is 77.6 Å². The number of aromatic nitrogens is 1. The number of carbonyl (C=O) groups excluding carboxylic acids is 1. The summed E-state index contributed by atoms with van der Waals surface area (Å²) in [6.45, 7) is 0. The SMILES string of the molecule is N#C/C(C(=O)Nc1cc(Cl)ccc1Cl)=c1/s/c(=C/c2ccccc2Cl)c(=O)n1-c1ccccc1. The summed E-state index contributed by atoms with van der Waals surface area (Å²) in [6, 6.07) is 22.4. The van der Waals surface area contributed by atoms with Gasteiger partial charge in [0.25, 0.3) is 11.5 Å². The van der Waals surface area contributed by atoms with Crippen LogP contribution in [-0.2, 0) is 4.79 Å². The number of hydrogen-bond acceptors (Lipinski definition) is 4. The van der Waals surface area contributed by atoms with Gasteiger partial charge in [0.05, 0.1) is 20.9 Å². The summed E-state index contributed by atoms with van der Waals surface area (Å²) < 4.78 is 1.83. The Hall–Kier alpha value is -3.34. The van der Waals surface area contributed by atoms with Crippen molar-refractivity contribution in [1.82, 2.24) is 4.57 Å². The summed E-state index contributed by atoms with van der Waals surface area (Å²) in [4.78, 5) is 26.5. The predicted molar refractivity (Wildman–Crippen MR) is 138 cm³/mol. The lowest BCUT2D eigenvalue weighted by atomic mass is 10.2. The maximum absolute atomic E-state index is 13.4. The second-order valence-electron chi connectivity index (χ2n) is 6.98. The highest BCUT2D eigenvalue weighted by molar-refractivity contribution is 7.07. The Morgan fingerprint density at radius 3 is 2.38 bits per heavy atom. The molecule has 1 N–H and O–H groups in total. The molecular weight excluding hydrogens is 513 g/mol. The first-order valence-corrected chi connectivity index (χ1v) is 11.8. The number of nitrogens with one attached hydrogen (secondary N) is 1. The number of carbonyl (C=O) groups is 1. The van der Waals surface area contributed by atoms with E-state index in [1.807, 2.05) is 6.07 Å². The van der Waals surface area contributed by atoms with Gasteiger partial charge in [-0.25, -0.2) is 0 Å². The van der Waals surface area contributed by atoms with Crippen molar-refractivity contribution in [2.75, 3.05) is 5.32 Å². The highest BCUT2D eigenvalue weighted by Gasteiger charge is 2.18. The van der Waals surface area contributed by atoms with Crippen molar-refractivity contribution in [1.29, 1.82) is 5.26 Å². The van der Waals surface area contributed by atoms with Crippen molar-refractivity contribution in [2.45, 2.75) is 0 Å². The van der Waals surface area contributed by atoms with E-state index in [4.69, 9.17) is 34.8 Å². The second kappa shape index (κ2) is 10.3. The molecule has 0 aliphatic carbocycles. The van der Waals surface area contributed by atoms with Crippen molar-refractivity contribution in [3.63, 3.8) is 0 Å². The fourth-order valence-corrected chi connectivity index (χ4v) is 4.79. The molecule has 5 nitrogen and oxygen atoms in total. The Morgan fingerprint density at radius 2 is 1.68 bits per heavy atom. The molecule has 0 bridgehead atoms. The zero-order chi connectivity index (χ0) is 24.2. The standard InChI is InChI=1S/C25H14Cl3N3O2S/c26-16-10-11-20(28)21(13-16)30-23(32)18(14-29)25-31(17-7-2-1-3-8-17)24(33)22(34-25)12-15-6-4-5-9-19(15)27/h1-13H,(H,30,32)/b22-12+,25-18-. The van der Waals surface area contributed by atoms with E-state index in [2.05, 4.69) is 5.32 Å². The topological polar surface area (TPSA) is 74.9 Å².